The van der Waals surface area contributed by atoms with Gasteiger partial charge in [-0.05, 0) is 53.0 Å². The molecule has 0 N–H and O–H groups in total. The minimum atomic E-state index is -0.406. The number of hydrogen-bond donors (Lipinski definition) is 0. The summed E-state index contributed by atoms with van der Waals surface area (Å²) in [5.74, 6) is -0.796. The zero-order valence-electron chi connectivity index (χ0n) is 18.2. The highest BCUT2D eigenvalue weighted by atomic mass is 32.1. The Labute approximate surface area is 196 Å². The highest BCUT2D eigenvalue weighted by Gasteiger charge is 2.62. The lowest BCUT2D eigenvalue weighted by molar-refractivity contribution is -0.122. The second-order valence-electron chi connectivity index (χ2n) is 9.92. The molecule has 1 aliphatic heterocycles. The molecular weight excluding hydrogens is 428 g/mol. The van der Waals surface area contributed by atoms with Crippen molar-refractivity contribution in [2.24, 2.45) is 17.8 Å². The lowest BCUT2D eigenvalue weighted by atomic mass is 9.55. The monoisotopic (exact) mass is 450 g/mol. The summed E-state index contributed by atoms with van der Waals surface area (Å²) in [5.41, 5.74) is 6.29. The van der Waals surface area contributed by atoms with Crippen molar-refractivity contribution in [2.45, 2.75) is 38.0 Å². The molecule has 162 valence electrons. The van der Waals surface area contributed by atoms with Gasteiger partial charge in [0.2, 0.25) is 11.8 Å². The van der Waals surface area contributed by atoms with E-state index in [1.165, 1.54) is 43.4 Å². The Kier molecular flexibility index (Phi) is 3.88. The third-order valence-corrected chi connectivity index (χ3v) is 9.53. The van der Waals surface area contributed by atoms with E-state index >= 15 is 0 Å². The van der Waals surface area contributed by atoms with Crippen molar-refractivity contribution in [2.75, 3.05) is 4.90 Å². The van der Waals surface area contributed by atoms with Crippen LogP contribution in [0.3, 0.4) is 0 Å². The highest BCUT2D eigenvalue weighted by molar-refractivity contribution is 7.17. The van der Waals surface area contributed by atoms with Gasteiger partial charge < -0.3 is 0 Å². The van der Waals surface area contributed by atoms with Crippen molar-refractivity contribution < 1.29 is 9.59 Å². The molecule has 0 saturated carbocycles. The number of carbonyl (C=O) groups excluding carboxylic acids is 2. The van der Waals surface area contributed by atoms with E-state index in [0.717, 1.165) is 24.8 Å². The van der Waals surface area contributed by atoms with Crippen LogP contribution < -0.4 is 4.90 Å². The summed E-state index contributed by atoms with van der Waals surface area (Å²) < 4.78 is 0. The second kappa shape index (κ2) is 6.65. The molecule has 2 bridgehead atoms. The zero-order chi connectivity index (χ0) is 22.4. The third-order valence-electron chi connectivity index (χ3n) is 8.25. The Balaban J connectivity index is 1.41. The van der Waals surface area contributed by atoms with Crippen LogP contribution in [0, 0.1) is 29.1 Å². The number of nitriles is 1. The van der Waals surface area contributed by atoms with Gasteiger partial charge in [0.25, 0.3) is 0 Å². The predicted octanol–water partition coefficient (Wildman–Crippen LogP) is 5.14. The van der Waals surface area contributed by atoms with E-state index in [4.69, 9.17) is 0 Å². The number of amides is 2. The fraction of sp³-hybridized carbons (Fsp3) is 0.321. The summed E-state index contributed by atoms with van der Waals surface area (Å²) in [5, 5.41) is 10.6. The predicted molar refractivity (Wildman–Crippen MR) is 126 cm³/mol. The van der Waals surface area contributed by atoms with Gasteiger partial charge in [-0.15, -0.1) is 11.3 Å². The van der Waals surface area contributed by atoms with Crippen molar-refractivity contribution >= 4 is 28.2 Å². The molecule has 0 radical (unpaired) electrons. The lowest BCUT2D eigenvalue weighted by Crippen LogP contribution is -2.41. The van der Waals surface area contributed by atoms with Crippen molar-refractivity contribution in [3.8, 4) is 6.07 Å². The molecule has 33 heavy (non-hydrogen) atoms. The van der Waals surface area contributed by atoms with Gasteiger partial charge in [-0.2, -0.15) is 5.26 Å². The maximum absolute atomic E-state index is 14.0. The molecule has 8 rings (SSSR count). The van der Waals surface area contributed by atoms with Crippen LogP contribution in [-0.2, 0) is 22.4 Å². The molecule has 3 atom stereocenters. The molecule has 0 unspecified atom stereocenters. The number of fused-ring (bicyclic) bond motifs is 1. The lowest BCUT2D eigenvalue weighted by Gasteiger charge is -2.45. The summed E-state index contributed by atoms with van der Waals surface area (Å²) in [4.78, 5) is 30.6. The molecule has 5 heteroatoms. The third kappa shape index (κ3) is 2.34. The minimum absolute atomic E-state index is 0.117. The van der Waals surface area contributed by atoms with Crippen LogP contribution in [0.5, 0.6) is 0 Å². The van der Waals surface area contributed by atoms with Gasteiger partial charge in [0.15, 0.2) is 0 Å². The smallest absolute Gasteiger partial charge is 0.239 e. The van der Waals surface area contributed by atoms with E-state index in [1.807, 2.05) is 24.3 Å². The summed E-state index contributed by atoms with van der Waals surface area (Å²) in [6, 6.07) is 18.9. The van der Waals surface area contributed by atoms with Crippen molar-refractivity contribution in [1.82, 2.24) is 0 Å². The summed E-state index contributed by atoms with van der Waals surface area (Å²) in [6.07, 6.45) is 2.85. The number of aryl methyl sites for hydroxylation is 1. The average molecular weight is 451 g/mol. The average Bonchev–Trinajstić information content (AvgIpc) is 3.32. The number of thiophene rings is 1. The fourth-order valence-corrected chi connectivity index (χ4v) is 8.20. The van der Waals surface area contributed by atoms with E-state index in [1.54, 1.807) is 0 Å². The number of carbonyl (C=O) groups is 2. The van der Waals surface area contributed by atoms with Crippen LogP contribution in [0.15, 0.2) is 48.5 Å². The molecule has 2 heterocycles. The van der Waals surface area contributed by atoms with E-state index < -0.39 is 11.8 Å². The highest BCUT2D eigenvalue weighted by Crippen LogP contribution is 2.61. The molecule has 1 saturated heterocycles. The van der Waals surface area contributed by atoms with Crippen molar-refractivity contribution in [1.29, 1.82) is 5.26 Å². The van der Waals surface area contributed by atoms with Gasteiger partial charge in [-0.25, -0.2) is 4.90 Å². The maximum Gasteiger partial charge on any atom is 0.239 e. The van der Waals surface area contributed by atoms with Gasteiger partial charge >= 0.3 is 0 Å². The quantitative estimate of drug-likeness (QED) is 0.482. The Morgan fingerprint density at radius 2 is 1.42 bits per heavy atom. The first-order valence-corrected chi connectivity index (χ1v) is 12.5. The summed E-state index contributed by atoms with van der Waals surface area (Å²) in [6.45, 7) is 2.20. The first kappa shape index (κ1) is 19.3. The summed E-state index contributed by atoms with van der Waals surface area (Å²) in [7, 11) is 0. The number of nitrogens with zero attached hydrogens (tertiary/aromatic N) is 2. The number of anilines is 1. The normalized spacial score (nSPS) is 28.7. The standard InChI is InChI=1S/C28H22N2O2S/c1-14-10-11-21-19(12-14)20(13-29)28(33-21)30-26(31)24-22-15-6-2-3-7-16(15)23(25(24)27(30)32)18-9-5-4-8-17(18)22/h2-9,14,22-25H,10-12H2,1H3/t14-,22?,23?,24+,25+/m1/s1. The molecule has 5 aliphatic rings. The van der Waals surface area contributed by atoms with Gasteiger partial charge in [0.1, 0.15) is 11.1 Å². The second-order valence-corrected chi connectivity index (χ2v) is 11.0. The number of hydrogen-bond acceptors (Lipinski definition) is 4. The van der Waals surface area contributed by atoms with Crippen LogP contribution in [-0.4, -0.2) is 11.8 Å². The maximum atomic E-state index is 14.0. The van der Waals surface area contributed by atoms with Gasteiger partial charge in [0, 0.05) is 16.7 Å². The van der Waals surface area contributed by atoms with Gasteiger partial charge in [0.05, 0.1) is 17.4 Å². The van der Waals surface area contributed by atoms with Crippen molar-refractivity contribution in [3.05, 3.63) is 86.8 Å². The Bertz CT molecular complexity index is 1300. The molecule has 1 aromatic heterocycles. The Hall–Kier alpha value is -3.23. The van der Waals surface area contributed by atoms with Gasteiger partial charge in [-0.3, -0.25) is 9.59 Å². The van der Waals surface area contributed by atoms with Crippen molar-refractivity contribution in [3.63, 3.8) is 0 Å². The minimum Gasteiger partial charge on any atom is -0.274 e. The SMILES string of the molecule is C[C@@H]1CCc2sc(N3C(=O)[C@H]4C5c6ccccc6C(c6ccccc65)[C@@H]4C3=O)c(C#N)c2C1. The van der Waals surface area contributed by atoms with E-state index in [9.17, 15) is 14.9 Å². The number of imide groups is 1. The van der Waals surface area contributed by atoms with Crippen LogP contribution >= 0.6 is 11.3 Å². The molecule has 3 aromatic rings. The first-order valence-electron chi connectivity index (χ1n) is 11.7. The Morgan fingerprint density at radius 3 is 1.91 bits per heavy atom. The molecule has 4 nitrogen and oxygen atoms in total. The van der Waals surface area contributed by atoms with Crippen LogP contribution in [0.1, 0.15) is 63.4 Å². The number of benzene rings is 2. The van der Waals surface area contributed by atoms with Crippen LogP contribution in [0.25, 0.3) is 0 Å². The Morgan fingerprint density at radius 1 is 0.909 bits per heavy atom. The molecule has 2 aromatic carbocycles. The molecule has 0 spiro atoms. The molecular formula is C28H22N2O2S. The van der Waals surface area contributed by atoms with Crippen LogP contribution in [0.4, 0.5) is 5.00 Å². The largest absolute Gasteiger partial charge is 0.274 e. The molecule has 1 fully saturated rings. The first-order chi connectivity index (χ1) is 16.1. The van der Waals surface area contributed by atoms with E-state index in [2.05, 4.69) is 37.3 Å². The van der Waals surface area contributed by atoms with E-state index in [0.29, 0.717) is 16.5 Å². The van der Waals surface area contributed by atoms with Crippen LogP contribution in [0.2, 0.25) is 0 Å². The fourth-order valence-electron chi connectivity index (χ4n) is 6.89. The van der Waals surface area contributed by atoms with Gasteiger partial charge in [-0.1, -0.05) is 55.5 Å². The summed E-state index contributed by atoms with van der Waals surface area (Å²) >= 11 is 1.49. The number of rotatable bonds is 1. The molecule has 2 amide bonds. The molecule has 4 aliphatic carbocycles. The zero-order valence-corrected chi connectivity index (χ0v) is 19.1. The van der Waals surface area contributed by atoms with E-state index in [-0.39, 0.29) is 23.7 Å². The topological polar surface area (TPSA) is 61.2 Å².